The second kappa shape index (κ2) is 4.80. The third-order valence-corrected chi connectivity index (χ3v) is 2.21. The minimum absolute atomic E-state index is 0.0954. The van der Waals surface area contributed by atoms with Crippen LogP contribution in [-0.2, 0) is 4.89 Å². The highest BCUT2D eigenvalue weighted by molar-refractivity contribution is 5.98. The third kappa shape index (κ3) is 2.34. The average molecular weight is 232 g/mol. The van der Waals surface area contributed by atoms with E-state index in [1.54, 1.807) is 13.0 Å². The third-order valence-electron chi connectivity index (χ3n) is 2.21. The molecule has 5 nitrogen and oxygen atoms in total. The summed E-state index contributed by atoms with van der Waals surface area (Å²) in [4.78, 5) is 25.2. The maximum absolute atomic E-state index is 11.3. The van der Waals surface area contributed by atoms with Gasteiger partial charge in [0.2, 0.25) is 0 Å². The maximum Gasteiger partial charge on any atom is 0.269 e. The van der Waals surface area contributed by atoms with Crippen LogP contribution in [0.3, 0.4) is 0 Å². The van der Waals surface area contributed by atoms with Gasteiger partial charge in [0.1, 0.15) is 5.56 Å². The van der Waals surface area contributed by atoms with Crippen LogP contribution in [0, 0.1) is 0 Å². The summed E-state index contributed by atoms with van der Waals surface area (Å²) < 4.78 is 0. The molecule has 0 atom stereocenters. The molecule has 2 rings (SSSR count). The van der Waals surface area contributed by atoms with Gasteiger partial charge in [-0.15, -0.1) is 0 Å². The molecule has 0 fully saturated rings. The fraction of sp³-hybridized carbons (Fsp3) is 0.167. The van der Waals surface area contributed by atoms with Crippen molar-refractivity contribution in [2.45, 2.75) is 6.92 Å². The Morgan fingerprint density at radius 1 is 1.41 bits per heavy atom. The summed E-state index contributed by atoms with van der Waals surface area (Å²) in [5.74, 6) is -0.504. The minimum Gasteiger partial charge on any atom is -0.365 e. The van der Waals surface area contributed by atoms with Crippen molar-refractivity contribution < 1.29 is 14.6 Å². The number of nitrogens with zero attached hydrogens (tertiary/aromatic N) is 1. The quantitative estimate of drug-likeness (QED) is 0.642. The van der Waals surface area contributed by atoms with Crippen molar-refractivity contribution in [3.8, 4) is 5.88 Å². The van der Waals surface area contributed by atoms with E-state index in [4.69, 9.17) is 15.5 Å². The second-order valence-corrected chi connectivity index (χ2v) is 3.39. The minimum atomic E-state index is -0.599. The lowest BCUT2D eigenvalue weighted by Crippen LogP contribution is -2.14. The molecule has 0 bridgehead atoms. The molecule has 88 valence electrons. The number of carbonyl (C=O) groups is 1. The van der Waals surface area contributed by atoms with E-state index < -0.39 is 5.91 Å². The predicted octanol–water partition coefficient (Wildman–Crippen LogP) is 1.66. The monoisotopic (exact) mass is 232 g/mol. The lowest BCUT2D eigenvalue weighted by atomic mass is 10.1. The summed E-state index contributed by atoms with van der Waals surface area (Å²) >= 11 is 0. The van der Waals surface area contributed by atoms with Crippen LogP contribution < -0.4 is 10.6 Å². The highest BCUT2D eigenvalue weighted by atomic mass is 17.2. The Morgan fingerprint density at radius 3 is 2.88 bits per heavy atom. The van der Waals surface area contributed by atoms with Gasteiger partial charge in [-0.2, -0.15) is 4.89 Å². The zero-order chi connectivity index (χ0) is 12.3. The number of pyridine rings is 1. The van der Waals surface area contributed by atoms with E-state index in [0.29, 0.717) is 12.1 Å². The highest BCUT2D eigenvalue weighted by Crippen LogP contribution is 2.21. The summed E-state index contributed by atoms with van der Waals surface area (Å²) in [7, 11) is 0. The smallest absolute Gasteiger partial charge is 0.269 e. The topological polar surface area (TPSA) is 74.4 Å². The molecular formula is C12H12N2O3. The van der Waals surface area contributed by atoms with Crippen molar-refractivity contribution in [2.75, 3.05) is 6.61 Å². The molecule has 0 unspecified atom stereocenters. The fourth-order valence-electron chi connectivity index (χ4n) is 1.45. The first-order valence-electron chi connectivity index (χ1n) is 5.21. The molecule has 1 amide bonds. The van der Waals surface area contributed by atoms with Crippen LogP contribution in [0.1, 0.15) is 17.3 Å². The molecule has 5 heteroatoms. The Labute approximate surface area is 98.1 Å². The molecular weight excluding hydrogens is 220 g/mol. The van der Waals surface area contributed by atoms with Gasteiger partial charge < -0.3 is 10.6 Å². The van der Waals surface area contributed by atoms with E-state index in [1.807, 2.05) is 24.3 Å². The van der Waals surface area contributed by atoms with Gasteiger partial charge in [-0.05, 0) is 19.1 Å². The first-order chi connectivity index (χ1) is 8.22. The van der Waals surface area contributed by atoms with Gasteiger partial charge >= 0.3 is 0 Å². The number of primary amides is 1. The number of nitrogens with two attached hydrogens (primary N) is 1. The first-order valence-corrected chi connectivity index (χ1v) is 5.21. The zero-order valence-electron chi connectivity index (χ0n) is 9.34. The Morgan fingerprint density at radius 2 is 2.18 bits per heavy atom. The van der Waals surface area contributed by atoms with E-state index in [2.05, 4.69) is 4.98 Å². The molecule has 2 aromatic rings. The van der Waals surface area contributed by atoms with Crippen molar-refractivity contribution in [1.82, 2.24) is 4.98 Å². The number of rotatable bonds is 4. The van der Waals surface area contributed by atoms with Crippen LogP contribution >= 0.6 is 0 Å². The molecule has 1 heterocycles. The van der Waals surface area contributed by atoms with Gasteiger partial charge in [0, 0.05) is 5.39 Å². The fourth-order valence-corrected chi connectivity index (χ4v) is 1.45. The molecule has 0 aliphatic heterocycles. The molecule has 2 N–H and O–H groups in total. The van der Waals surface area contributed by atoms with Crippen molar-refractivity contribution >= 4 is 16.8 Å². The number of amides is 1. The van der Waals surface area contributed by atoms with Gasteiger partial charge in [-0.25, -0.2) is 4.98 Å². The van der Waals surface area contributed by atoms with Gasteiger partial charge in [0.15, 0.2) is 0 Å². The number of aromatic nitrogens is 1. The molecule has 0 saturated heterocycles. The zero-order valence-corrected chi connectivity index (χ0v) is 9.34. The Bertz CT molecular complexity index is 554. The Hall–Kier alpha value is -2.14. The number of hydrogen-bond acceptors (Lipinski definition) is 4. The number of hydrogen-bond donors (Lipinski definition) is 1. The van der Waals surface area contributed by atoms with Crippen molar-refractivity contribution in [2.24, 2.45) is 5.73 Å². The Balaban J connectivity index is 2.54. The normalized spacial score (nSPS) is 10.4. The lowest BCUT2D eigenvalue weighted by Gasteiger charge is -2.07. The number of carbonyl (C=O) groups excluding carboxylic acids is 1. The van der Waals surface area contributed by atoms with Gasteiger partial charge in [-0.3, -0.25) is 4.79 Å². The summed E-state index contributed by atoms with van der Waals surface area (Å²) in [6, 6.07) is 9.01. The van der Waals surface area contributed by atoms with Crippen LogP contribution in [0.4, 0.5) is 0 Å². The van der Waals surface area contributed by atoms with E-state index in [1.165, 1.54) is 0 Å². The van der Waals surface area contributed by atoms with Gasteiger partial charge in [0.05, 0.1) is 12.1 Å². The number of para-hydroxylation sites is 1. The van der Waals surface area contributed by atoms with E-state index in [9.17, 15) is 4.79 Å². The summed E-state index contributed by atoms with van der Waals surface area (Å²) in [5, 5.41) is 0.824. The largest absolute Gasteiger partial charge is 0.365 e. The highest BCUT2D eigenvalue weighted by Gasteiger charge is 2.13. The molecule has 1 aromatic carbocycles. The standard InChI is InChI=1S/C12H12N2O3/c1-2-16-17-12-9(11(13)15)7-8-5-3-4-6-10(8)14-12/h3-7H,2H2,1H3,(H2,13,15). The van der Waals surface area contributed by atoms with Crippen molar-refractivity contribution in [3.05, 3.63) is 35.9 Å². The second-order valence-electron chi connectivity index (χ2n) is 3.39. The molecule has 0 saturated carbocycles. The predicted molar refractivity (Wildman–Crippen MR) is 62.5 cm³/mol. The van der Waals surface area contributed by atoms with Crippen LogP contribution in [0.25, 0.3) is 10.9 Å². The molecule has 0 spiro atoms. The summed E-state index contributed by atoms with van der Waals surface area (Å²) in [5.41, 5.74) is 6.18. The van der Waals surface area contributed by atoms with E-state index >= 15 is 0 Å². The molecule has 0 radical (unpaired) electrons. The molecule has 1 aromatic heterocycles. The van der Waals surface area contributed by atoms with Crippen LogP contribution in [-0.4, -0.2) is 17.5 Å². The summed E-state index contributed by atoms with van der Waals surface area (Å²) in [6.07, 6.45) is 0. The van der Waals surface area contributed by atoms with E-state index in [-0.39, 0.29) is 11.4 Å². The average Bonchev–Trinajstić information content (AvgIpc) is 2.35. The Kier molecular flexibility index (Phi) is 3.20. The van der Waals surface area contributed by atoms with E-state index in [0.717, 1.165) is 5.39 Å². The molecule has 0 aliphatic rings. The van der Waals surface area contributed by atoms with Crippen molar-refractivity contribution in [3.63, 3.8) is 0 Å². The van der Waals surface area contributed by atoms with Gasteiger partial charge in [0.25, 0.3) is 11.8 Å². The lowest BCUT2D eigenvalue weighted by molar-refractivity contribution is -0.205. The molecule has 17 heavy (non-hydrogen) atoms. The SMILES string of the molecule is CCOOc1nc2ccccc2cc1C(N)=O. The van der Waals surface area contributed by atoms with Crippen LogP contribution in [0.5, 0.6) is 5.88 Å². The van der Waals surface area contributed by atoms with Crippen LogP contribution in [0.2, 0.25) is 0 Å². The van der Waals surface area contributed by atoms with Crippen LogP contribution in [0.15, 0.2) is 30.3 Å². The molecule has 0 aliphatic carbocycles. The van der Waals surface area contributed by atoms with Crippen molar-refractivity contribution in [1.29, 1.82) is 0 Å². The number of benzene rings is 1. The van der Waals surface area contributed by atoms with Gasteiger partial charge in [-0.1, -0.05) is 18.2 Å². The first kappa shape index (κ1) is 11.3. The summed E-state index contributed by atoms with van der Waals surface area (Å²) in [6.45, 7) is 2.12. The maximum atomic E-state index is 11.3. The number of fused-ring (bicyclic) bond motifs is 1.